The van der Waals surface area contributed by atoms with Crippen molar-refractivity contribution in [3.63, 3.8) is 0 Å². The highest BCUT2D eigenvalue weighted by molar-refractivity contribution is 5.90. The van der Waals surface area contributed by atoms with Gasteiger partial charge in [0.1, 0.15) is 5.70 Å². The monoisotopic (exact) mass is 183 g/mol. The molecular weight excluding hydrogens is 170 g/mol. The topological polar surface area (TPSA) is 55.4 Å². The average molecular weight is 183 g/mol. The fraction of sp³-hybridized carbons (Fsp3) is 0.556. The maximum atomic E-state index is 11.2. The lowest BCUT2D eigenvalue weighted by Crippen LogP contribution is -2.21. The van der Waals surface area contributed by atoms with E-state index in [0.717, 1.165) is 12.8 Å². The van der Waals surface area contributed by atoms with E-state index >= 15 is 0 Å². The molecule has 0 aliphatic heterocycles. The summed E-state index contributed by atoms with van der Waals surface area (Å²) in [4.78, 5) is 21.4. The van der Waals surface area contributed by atoms with Crippen LogP contribution in [0.1, 0.15) is 19.8 Å². The van der Waals surface area contributed by atoms with Crippen LogP contribution in [-0.2, 0) is 14.3 Å². The van der Waals surface area contributed by atoms with Gasteiger partial charge in [0.2, 0.25) is 6.41 Å². The van der Waals surface area contributed by atoms with Gasteiger partial charge in [-0.1, -0.05) is 6.08 Å². The van der Waals surface area contributed by atoms with Crippen molar-refractivity contribution >= 4 is 12.4 Å². The van der Waals surface area contributed by atoms with Crippen LogP contribution in [0.25, 0.3) is 0 Å². The minimum absolute atomic E-state index is 0.263. The molecule has 0 aromatic carbocycles. The second-order valence-corrected chi connectivity index (χ2v) is 2.90. The number of hydrogen-bond acceptors (Lipinski definition) is 3. The van der Waals surface area contributed by atoms with Crippen molar-refractivity contribution in [3.05, 3.63) is 11.8 Å². The zero-order valence-corrected chi connectivity index (χ0v) is 7.58. The van der Waals surface area contributed by atoms with Gasteiger partial charge < -0.3 is 10.1 Å². The second kappa shape index (κ2) is 4.64. The molecule has 72 valence electrons. The van der Waals surface area contributed by atoms with Gasteiger partial charge in [-0.2, -0.15) is 0 Å². The van der Waals surface area contributed by atoms with Crippen LogP contribution in [0, 0.1) is 5.92 Å². The average Bonchev–Trinajstić information content (AvgIpc) is 2.88. The third-order valence-corrected chi connectivity index (χ3v) is 1.73. The van der Waals surface area contributed by atoms with Gasteiger partial charge in [-0.25, -0.2) is 4.79 Å². The molecule has 0 aromatic heterocycles. The van der Waals surface area contributed by atoms with Crippen molar-refractivity contribution in [1.82, 2.24) is 5.32 Å². The Bertz CT molecular complexity index is 231. The van der Waals surface area contributed by atoms with Gasteiger partial charge in [0, 0.05) is 0 Å². The minimum Gasteiger partial charge on any atom is -0.461 e. The van der Waals surface area contributed by atoms with Gasteiger partial charge in [-0.15, -0.1) is 0 Å². The standard InChI is InChI=1S/C9H13NO3/c1-2-13-9(12)8(10-6-11)5-7-3-4-7/h5-7H,2-4H2,1H3,(H,10,11)/b8-5-. The zero-order valence-electron chi connectivity index (χ0n) is 7.58. The molecule has 0 radical (unpaired) electrons. The lowest BCUT2D eigenvalue weighted by atomic mass is 10.3. The van der Waals surface area contributed by atoms with E-state index in [-0.39, 0.29) is 5.70 Å². The van der Waals surface area contributed by atoms with Crippen molar-refractivity contribution in [2.24, 2.45) is 5.92 Å². The summed E-state index contributed by atoms with van der Waals surface area (Å²) >= 11 is 0. The first-order chi connectivity index (χ1) is 6.27. The van der Waals surface area contributed by atoms with E-state index in [4.69, 9.17) is 4.74 Å². The molecule has 0 bridgehead atoms. The number of amides is 1. The molecule has 4 nitrogen and oxygen atoms in total. The molecule has 1 N–H and O–H groups in total. The third-order valence-electron chi connectivity index (χ3n) is 1.73. The van der Waals surface area contributed by atoms with Crippen molar-refractivity contribution in [2.45, 2.75) is 19.8 Å². The Morgan fingerprint density at radius 1 is 1.62 bits per heavy atom. The Morgan fingerprint density at radius 3 is 2.77 bits per heavy atom. The van der Waals surface area contributed by atoms with Crippen molar-refractivity contribution in [2.75, 3.05) is 6.61 Å². The van der Waals surface area contributed by atoms with E-state index in [9.17, 15) is 9.59 Å². The van der Waals surface area contributed by atoms with Crippen LogP contribution in [0.3, 0.4) is 0 Å². The van der Waals surface area contributed by atoms with E-state index < -0.39 is 5.97 Å². The second-order valence-electron chi connectivity index (χ2n) is 2.90. The molecule has 1 fully saturated rings. The number of carbonyl (C=O) groups excluding carboxylic acids is 2. The van der Waals surface area contributed by atoms with Crippen LogP contribution < -0.4 is 5.32 Å². The molecule has 0 unspecified atom stereocenters. The maximum absolute atomic E-state index is 11.2. The third kappa shape index (κ3) is 3.27. The first kappa shape index (κ1) is 9.77. The number of nitrogens with one attached hydrogen (secondary N) is 1. The van der Waals surface area contributed by atoms with Crippen LogP contribution in [0.2, 0.25) is 0 Å². The quantitative estimate of drug-likeness (QED) is 0.385. The highest BCUT2D eigenvalue weighted by atomic mass is 16.5. The van der Waals surface area contributed by atoms with Crippen molar-refractivity contribution in [3.8, 4) is 0 Å². The fourth-order valence-corrected chi connectivity index (χ4v) is 0.946. The SMILES string of the molecule is CCOC(=O)/C(=C/C1CC1)NC=O. The zero-order chi connectivity index (χ0) is 9.68. The predicted molar refractivity (Wildman–Crippen MR) is 46.6 cm³/mol. The first-order valence-corrected chi connectivity index (χ1v) is 4.37. The minimum atomic E-state index is -0.457. The van der Waals surface area contributed by atoms with Gasteiger partial charge in [-0.3, -0.25) is 4.79 Å². The van der Waals surface area contributed by atoms with Crippen LogP contribution in [0.15, 0.2) is 11.8 Å². The van der Waals surface area contributed by atoms with Crippen LogP contribution in [-0.4, -0.2) is 19.0 Å². The Kier molecular flexibility index (Phi) is 3.49. The molecule has 13 heavy (non-hydrogen) atoms. The Hall–Kier alpha value is -1.32. The molecule has 1 amide bonds. The van der Waals surface area contributed by atoms with Crippen LogP contribution >= 0.6 is 0 Å². The molecule has 1 aliphatic carbocycles. The highest BCUT2D eigenvalue weighted by Gasteiger charge is 2.21. The first-order valence-electron chi connectivity index (χ1n) is 4.37. The highest BCUT2D eigenvalue weighted by Crippen LogP contribution is 2.31. The van der Waals surface area contributed by atoms with Gasteiger partial charge in [-0.05, 0) is 25.7 Å². The summed E-state index contributed by atoms with van der Waals surface area (Å²) in [6, 6.07) is 0. The van der Waals surface area contributed by atoms with Crippen molar-refractivity contribution in [1.29, 1.82) is 0 Å². The molecule has 0 atom stereocenters. The Morgan fingerprint density at radius 2 is 2.31 bits per heavy atom. The van der Waals surface area contributed by atoms with E-state index in [1.807, 2.05) is 0 Å². The van der Waals surface area contributed by atoms with E-state index in [0.29, 0.717) is 18.9 Å². The molecule has 1 saturated carbocycles. The van der Waals surface area contributed by atoms with E-state index in [2.05, 4.69) is 5.32 Å². The lowest BCUT2D eigenvalue weighted by molar-refractivity contribution is -0.139. The molecule has 0 saturated heterocycles. The Labute approximate surface area is 76.9 Å². The van der Waals surface area contributed by atoms with Gasteiger partial charge in [0.15, 0.2) is 0 Å². The number of carbonyl (C=O) groups is 2. The number of hydrogen-bond donors (Lipinski definition) is 1. The summed E-state index contributed by atoms with van der Waals surface area (Å²) in [6.07, 6.45) is 4.42. The summed E-state index contributed by atoms with van der Waals surface area (Å²) in [5.41, 5.74) is 0.263. The summed E-state index contributed by atoms with van der Waals surface area (Å²) in [6.45, 7) is 2.05. The number of rotatable bonds is 5. The number of ether oxygens (including phenoxy) is 1. The number of esters is 1. The van der Waals surface area contributed by atoms with E-state index in [1.165, 1.54) is 0 Å². The van der Waals surface area contributed by atoms with Gasteiger partial charge in [0.05, 0.1) is 6.61 Å². The lowest BCUT2D eigenvalue weighted by Gasteiger charge is -2.04. The smallest absolute Gasteiger partial charge is 0.354 e. The van der Waals surface area contributed by atoms with Crippen LogP contribution in [0.5, 0.6) is 0 Å². The molecule has 0 spiro atoms. The summed E-state index contributed by atoms with van der Waals surface area (Å²) in [7, 11) is 0. The fourth-order valence-electron chi connectivity index (χ4n) is 0.946. The maximum Gasteiger partial charge on any atom is 0.354 e. The Balaban J connectivity index is 2.54. The molecule has 0 heterocycles. The molecule has 1 aliphatic rings. The largest absolute Gasteiger partial charge is 0.461 e. The number of allylic oxidation sites excluding steroid dienone is 1. The molecule has 4 heteroatoms. The van der Waals surface area contributed by atoms with Gasteiger partial charge >= 0.3 is 5.97 Å². The van der Waals surface area contributed by atoms with Crippen molar-refractivity contribution < 1.29 is 14.3 Å². The summed E-state index contributed by atoms with van der Waals surface area (Å²) < 4.78 is 4.76. The molecule has 0 aromatic rings. The molecular formula is C9H13NO3. The normalized spacial score (nSPS) is 16.5. The van der Waals surface area contributed by atoms with Gasteiger partial charge in [0.25, 0.3) is 0 Å². The summed E-state index contributed by atoms with van der Waals surface area (Å²) in [5, 5.41) is 2.34. The molecule has 1 rings (SSSR count). The summed E-state index contributed by atoms with van der Waals surface area (Å²) in [5.74, 6) is -0.0200. The predicted octanol–water partition coefficient (Wildman–Crippen LogP) is 0.589. The van der Waals surface area contributed by atoms with E-state index in [1.54, 1.807) is 13.0 Å². The van der Waals surface area contributed by atoms with Crippen LogP contribution in [0.4, 0.5) is 0 Å².